The topological polar surface area (TPSA) is 78.3 Å². The van der Waals surface area contributed by atoms with Gasteiger partial charge in [-0.2, -0.15) is 9.78 Å². The lowest BCUT2D eigenvalue weighted by molar-refractivity contribution is -0.116. The van der Waals surface area contributed by atoms with Crippen molar-refractivity contribution in [2.75, 3.05) is 19.0 Å². The molecule has 170 valence electrons. The average Bonchev–Trinajstić information content (AvgIpc) is 3.39. The van der Waals surface area contributed by atoms with Crippen LogP contribution in [-0.4, -0.2) is 34.4 Å². The molecule has 1 amide bonds. The zero-order valence-electron chi connectivity index (χ0n) is 18.9. The second kappa shape index (κ2) is 8.86. The first-order valence-electron chi connectivity index (χ1n) is 11.1. The lowest BCUT2D eigenvalue weighted by Crippen LogP contribution is -2.24. The van der Waals surface area contributed by atoms with Gasteiger partial charge in [-0.05, 0) is 49.2 Å². The summed E-state index contributed by atoms with van der Waals surface area (Å²) in [7, 11) is 1.65. The van der Waals surface area contributed by atoms with Crippen molar-refractivity contribution < 1.29 is 14.3 Å². The van der Waals surface area contributed by atoms with Gasteiger partial charge in [-0.25, -0.2) is 4.98 Å². The molecule has 7 nitrogen and oxygen atoms in total. The molecule has 1 N–H and O–H groups in total. The summed E-state index contributed by atoms with van der Waals surface area (Å²) in [5.74, 6) is 2.24. The molecule has 0 fully saturated rings. The molecule has 0 radical (unpaired) electrons. The van der Waals surface area contributed by atoms with Crippen LogP contribution in [0.1, 0.15) is 48.9 Å². The van der Waals surface area contributed by atoms with Gasteiger partial charge in [-0.15, -0.1) is 0 Å². The Labute approximate surface area is 196 Å². The first-order chi connectivity index (χ1) is 16.1. The van der Waals surface area contributed by atoms with E-state index in [-0.39, 0.29) is 11.8 Å². The number of benzene rings is 2. The lowest BCUT2D eigenvalue weighted by Gasteiger charge is -2.24. The van der Waals surface area contributed by atoms with Gasteiger partial charge in [-0.3, -0.25) is 4.79 Å². The number of unbranched alkanes of at least 4 members (excludes halogenated alkanes) is 1. The van der Waals surface area contributed by atoms with Crippen LogP contribution in [0.2, 0.25) is 0 Å². The zero-order valence-corrected chi connectivity index (χ0v) is 19.7. The fraction of sp³-hybridized carbons (Fsp3) is 0.320. The number of thiazole rings is 1. The van der Waals surface area contributed by atoms with E-state index in [2.05, 4.69) is 24.4 Å². The number of nitrogens with one attached hydrogen (secondary N) is 1. The molecular formula is C25H26N4O3S. The van der Waals surface area contributed by atoms with Crippen molar-refractivity contribution in [2.45, 2.75) is 39.0 Å². The first kappa shape index (κ1) is 21.5. The highest BCUT2D eigenvalue weighted by Gasteiger charge is 2.33. The predicted molar refractivity (Wildman–Crippen MR) is 130 cm³/mol. The minimum absolute atomic E-state index is 0.0281. The fourth-order valence-corrected chi connectivity index (χ4v) is 5.16. The Balaban J connectivity index is 1.51. The van der Waals surface area contributed by atoms with Crippen LogP contribution in [-0.2, 0) is 4.79 Å². The van der Waals surface area contributed by atoms with E-state index in [1.165, 1.54) is 11.3 Å². The van der Waals surface area contributed by atoms with E-state index in [0.29, 0.717) is 24.0 Å². The van der Waals surface area contributed by atoms with E-state index >= 15 is 0 Å². The predicted octanol–water partition coefficient (Wildman–Crippen LogP) is 5.45. The Bertz CT molecular complexity index is 1310. The lowest BCUT2D eigenvalue weighted by atomic mass is 9.86. The molecule has 8 heteroatoms. The van der Waals surface area contributed by atoms with Crippen molar-refractivity contribution in [2.24, 2.45) is 0 Å². The first-order valence-corrected chi connectivity index (χ1v) is 12.0. The minimum atomic E-state index is -0.0679. The molecule has 0 saturated heterocycles. The van der Waals surface area contributed by atoms with Crippen LogP contribution < -0.4 is 14.8 Å². The third-order valence-corrected chi connectivity index (χ3v) is 6.91. The maximum absolute atomic E-state index is 12.7. The molecule has 5 rings (SSSR count). The molecule has 0 aliphatic carbocycles. The zero-order chi connectivity index (χ0) is 22.9. The number of hydrogen-bond donors (Lipinski definition) is 1. The Kier molecular flexibility index (Phi) is 5.76. The summed E-state index contributed by atoms with van der Waals surface area (Å²) in [5, 5.41) is 8.52. The third-order valence-electron chi connectivity index (χ3n) is 5.92. The second-order valence-electron chi connectivity index (χ2n) is 8.17. The van der Waals surface area contributed by atoms with Gasteiger partial charge in [0.15, 0.2) is 0 Å². The molecule has 1 atom stereocenters. The van der Waals surface area contributed by atoms with Crippen LogP contribution in [0.25, 0.3) is 15.3 Å². The van der Waals surface area contributed by atoms with Crippen LogP contribution in [0.3, 0.4) is 0 Å². The van der Waals surface area contributed by atoms with Crippen LogP contribution >= 0.6 is 11.3 Å². The molecule has 0 spiro atoms. The molecule has 2 aromatic heterocycles. The van der Waals surface area contributed by atoms with Gasteiger partial charge < -0.3 is 14.8 Å². The van der Waals surface area contributed by atoms with Crippen molar-refractivity contribution in [1.82, 2.24) is 14.8 Å². The van der Waals surface area contributed by atoms with Crippen molar-refractivity contribution in [3.63, 3.8) is 0 Å². The SMILES string of the molecule is CCCCOc1ccc([C@@H]2CC(=O)Nc3c2c(C)nn3-c2nc3ccc(OC)cc3s2)cc1. The Morgan fingerprint density at radius 1 is 1.18 bits per heavy atom. The maximum Gasteiger partial charge on any atom is 0.226 e. The number of ether oxygens (including phenoxy) is 2. The highest BCUT2D eigenvalue weighted by atomic mass is 32.1. The van der Waals surface area contributed by atoms with E-state index in [1.54, 1.807) is 11.8 Å². The number of methoxy groups -OCH3 is 1. The number of nitrogens with zero attached hydrogens (tertiary/aromatic N) is 3. The number of aryl methyl sites for hydroxylation is 1. The van der Waals surface area contributed by atoms with E-state index in [4.69, 9.17) is 19.6 Å². The van der Waals surface area contributed by atoms with Gasteiger partial charge >= 0.3 is 0 Å². The number of hydrogen-bond acceptors (Lipinski definition) is 6. The summed E-state index contributed by atoms with van der Waals surface area (Å²) in [5.41, 5.74) is 3.86. The maximum atomic E-state index is 12.7. The molecular weight excluding hydrogens is 436 g/mol. The Hall–Kier alpha value is -3.39. The van der Waals surface area contributed by atoms with Gasteiger partial charge in [0.25, 0.3) is 0 Å². The molecule has 4 aromatic rings. The number of amides is 1. The van der Waals surface area contributed by atoms with Crippen molar-refractivity contribution in [3.8, 4) is 16.6 Å². The number of carbonyl (C=O) groups excluding carboxylic acids is 1. The van der Waals surface area contributed by atoms with Gasteiger partial charge in [0.1, 0.15) is 17.3 Å². The summed E-state index contributed by atoms with van der Waals surface area (Å²) in [6.07, 6.45) is 2.51. The quantitative estimate of drug-likeness (QED) is 0.370. The fourth-order valence-electron chi connectivity index (χ4n) is 4.21. The molecule has 1 aliphatic heterocycles. The molecule has 3 heterocycles. The van der Waals surface area contributed by atoms with Crippen LogP contribution in [0.4, 0.5) is 5.82 Å². The van der Waals surface area contributed by atoms with Crippen molar-refractivity contribution >= 4 is 33.3 Å². The highest BCUT2D eigenvalue weighted by Crippen LogP contribution is 2.41. The average molecular weight is 463 g/mol. The highest BCUT2D eigenvalue weighted by molar-refractivity contribution is 7.20. The van der Waals surface area contributed by atoms with E-state index in [0.717, 1.165) is 51.4 Å². The minimum Gasteiger partial charge on any atom is -0.497 e. The number of rotatable bonds is 7. The van der Waals surface area contributed by atoms with Crippen LogP contribution in [0.15, 0.2) is 42.5 Å². The number of anilines is 1. The van der Waals surface area contributed by atoms with E-state index in [1.807, 2.05) is 37.3 Å². The molecule has 2 aromatic carbocycles. The third kappa shape index (κ3) is 4.06. The monoisotopic (exact) mass is 462 g/mol. The van der Waals surface area contributed by atoms with Crippen LogP contribution in [0, 0.1) is 6.92 Å². The summed E-state index contributed by atoms with van der Waals surface area (Å²) < 4.78 is 13.9. The molecule has 0 bridgehead atoms. The number of aromatic nitrogens is 3. The summed E-state index contributed by atoms with van der Waals surface area (Å²) in [4.78, 5) is 17.4. The molecule has 0 unspecified atom stereocenters. The standard InChI is InChI=1S/C25H26N4O3S/c1-4-5-12-32-17-8-6-16(7-9-17)19-14-22(30)27-24-23(19)15(2)28-29(24)25-26-20-11-10-18(31-3)13-21(20)33-25/h6-11,13,19H,4-5,12,14H2,1-3H3,(H,27,30)/t19-/m0/s1. The molecule has 33 heavy (non-hydrogen) atoms. The Morgan fingerprint density at radius 3 is 2.73 bits per heavy atom. The second-order valence-corrected chi connectivity index (χ2v) is 9.17. The van der Waals surface area contributed by atoms with Gasteiger partial charge in [-0.1, -0.05) is 36.8 Å². The van der Waals surface area contributed by atoms with E-state index in [9.17, 15) is 4.79 Å². The number of carbonyl (C=O) groups is 1. The van der Waals surface area contributed by atoms with Gasteiger partial charge in [0.05, 0.1) is 29.6 Å². The summed E-state index contributed by atoms with van der Waals surface area (Å²) in [6, 6.07) is 13.9. The largest absolute Gasteiger partial charge is 0.497 e. The van der Waals surface area contributed by atoms with Crippen molar-refractivity contribution in [3.05, 3.63) is 59.3 Å². The van der Waals surface area contributed by atoms with Crippen LogP contribution in [0.5, 0.6) is 11.5 Å². The van der Waals surface area contributed by atoms with Gasteiger partial charge in [0.2, 0.25) is 11.0 Å². The normalized spacial score (nSPS) is 15.4. The van der Waals surface area contributed by atoms with E-state index < -0.39 is 0 Å². The number of fused-ring (bicyclic) bond motifs is 2. The molecule has 1 aliphatic rings. The van der Waals surface area contributed by atoms with Gasteiger partial charge in [0, 0.05) is 17.9 Å². The smallest absolute Gasteiger partial charge is 0.226 e. The molecule has 0 saturated carbocycles. The van der Waals surface area contributed by atoms with Crippen molar-refractivity contribution in [1.29, 1.82) is 0 Å². The summed E-state index contributed by atoms with van der Waals surface area (Å²) >= 11 is 1.52. The summed E-state index contributed by atoms with van der Waals surface area (Å²) in [6.45, 7) is 4.84. The Morgan fingerprint density at radius 2 is 1.97 bits per heavy atom.